The van der Waals surface area contributed by atoms with Crippen molar-refractivity contribution in [3.63, 3.8) is 0 Å². The smallest absolute Gasteiger partial charge is 0.406 e. The van der Waals surface area contributed by atoms with E-state index in [0.29, 0.717) is 9.13 Å². The molecule has 3 aromatic rings. The molecule has 0 aliphatic carbocycles. The van der Waals surface area contributed by atoms with Crippen molar-refractivity contribution in [3.05, 3.63) is 57.9 Å². The van der Waals surface area contributed by atoms with Gasteiger partial charge in [-0.3, -0.25) is 0 Å². The van der Waals surface area contributed by atoms with E-state index in [2.05, 4.69) is 25.3 Å². The Morgan fingerprint density at radius 1 is 1.07 bits per heavy atom. The maximum absolute atomic E-state index is 14.2. The van der Waals surface area contributed by atoms with Crippen molar-refractivity contribution in [2.24, 2.45) is 0 Å². The molecule has 0 amide bonds. The molecule has 1 aromatic heterocycles. The van der Waals surface area contributed by atoms with Crippen LogP contribution in [0, 0.1) is 9.39 Å². The molecule has 0 spiro atoms. The van der Waals surface area contributed by atoms with Gasteiger partial charge in [0.25, 0.3) is 0 Å². The SMILES string of the molecule is OCCNc1nc(Nc2ccc(I)cc2F)cc(-c2cccc(OC(F)(F)F)c2)n1. The lowest BCUT2D eigenvalue weighted by Gasteiger charge is -2.13. The average Bonchev–Trinajstić information content (AvgIpc) is 2.67. The number of aliphatic hydroxyl groups is 1. The molecule has 0 aliphatic heterocycles. The summed E-state index contributed by atoms with van der Waals surface area (Å²) in [6.07, 6.45) is -4.83. The first-order valence-corrected chi connectivity index (χ1v) is 9.63. The Hall–Kier alpha value is -2.67. The van der Waals surface area contributed by atoms with Crippen molar-refractivity contribution in [1.29, 1.82) is 0 Å². The van der Waals surface area contributed by atoms with E-state index in [4.69, 9.17) is 5.11 Å². The third-order valence-electron chi connectivity index (χ3n) is 3.68. The number of halogens is 5. The molecule has 0 fully saturated rings. The number of rotatable bonds is 7. The highest BCUT2D eigenvalue weighted by atomic mass is 127. The normalized spacial score (nSPS) is 11.3. The van der Waals surface area contributed by atoms with Crippen LogP contribution in [-0.4, -0.2) is 34.6 Å². The number of ether oxygens (including phenoxy) is 1. The maximum atomic E-state index is 14.2. The summed E-state index contributed by atoms with van der Waals surface area (Å²) in [5.41, 5.74) is 0.770. The van der Waals surface area contributed by atoms with E-state index in [0.717, 1.165) is 0 Å². The van der Waals surface area contributed by atoms with Crippen molar-refractivity contribution >= 4 is 40.0 Å². The Morgan fingerprint density at radius 3 is 2.57 bits per heavy atom. The Balaban J connectivity index is 1.97. The van der Waals surface area contributed by atoms with Gasteiger partial charge in [0.05, 0.1) is 18.0 Å². The summed E-state index contributed by atoms with van der Waals surface area (Å²) in [5.74, 6) is -0.575. The van der Waals surface area contributed by atoms with Gasteiger partial charge in [-0.15, -0.1) is 13.2 Å². The minimum Gasteiger partial charge on any atom is -0.406 e. The number of nitrogens with zero attached hydrogens (tertiary/aromatic N) is 2. The Labute approximate surface area is 182 Å². The van der Waals surface area contributed by atoms with E-state index in [1.54, 1.807) is 12.1 Å². The van der Waals surface area contributed by atoms with E-state index >= 15 is 0 Å². The van der Waals surface area contributed by atoms with Crippen LogP contribution in [0.5, 0.6) is 5.75 Å². The van der Waals surface area contributed by atoms with Crippen LogP contribution in [-0.2, 0) is 0 Å². The summed E-state index contributed by atoms with van der Waals surface area (Å²) >= 11 is 1.98. The quantitative estimate of drug-likeness (QED) is 0.295. The van der Waals surface area contributed by atoms with Crippen molar-refractivity contribution in [3.8, 4) is 17.0 Å². The molecular weight excluding hydrogens is 519 g/mol. The first kappa shape index (κ1) is 22.0. The molecular formula is C19H15F4IN4O2. The molecule has 3 rings (SSSR count). The lowest BCUT2D eigenvalue weighted by atomic mass is 10.1. The van der Waals surface area contributed by atoms with Gasteiger partial charge in [-0.25, -0.2) is 9.37 Å². The molecule has 2 aromatic carbocycles. The lowest BCUT2D eigenvalue weighted by Crippen LogP contribution is -2.17. The highest BCUT2D eigenvalue weighted by Gasteiger charge is 2.31. The van der Waals surface area contributed by atoms with E-state index in [1.165, 1.54) is 36.4 Å². The number of nitrogens with one attached hydrogen (secondary N) is 2. The number of aliphatic hydroxyl groups excluding tert-OH is 1. The third-order valence-corrected chi connectivity index (χ3v) is 4.35. The van der Waals surface area contributed by atoms with E-state index in [9.17, 15) is 17.6 Å². The minimum absolute atomic E-state index is 0.108. The maximum Gasteiger partial charge on any atom is 0.573 e. The Bertz CT molecular complexity index is 1030. The summed E-state index contributed by atoms with van der Waals surface area (Å²) in [6.45, 7) is -0.0327. The number of hydrogen-bond acceptors (Lipinski definition) is 6. The molecule has 0 saturated heterocycles. The Morgan fingerprint density at radius 2 is 1.87 bits per heavy atom. The minimum atomic E-state index is -4.83. The predicted octanol–water partition coefficient (Wildman–Crippen LogP) is 4.93. The first-order chi connectivity index (χ1) is 14.2. The monoisotopic (exact) mass is 534 g/mol. The third kappa shape index (κ3) is 6.16. The molecule has 3 N–H and O–H groups in total. The van der Waals surface area contributed by atoms with Gasteiger partial charge in [0.2, 0.25) is 5.95 Å². The zero-order valence-electron chi connectivity index (χ0n) is 15.2. The summed E-state index contributed by atoms with van der Waals surface area (Å²) in [4.78, 5) is 8.46. The summed E-state index contributed by atoms with van der Waals surface area (Å²) in [7, 11) is 0. The molecule has 0 radical (unpaired) electrons. The molecule has 158 valence electrons. The number of anilines is 3. The Kier molecular flexibility index (Phi) is 6.92. The standard InChI is InChI=1S/C19H15F4IN4O2/c20-14-9-12(24)4-5-15(14)26-17-10-16(27-18(28-17)25-6-7-29)11-2-1-3-13(8-11)30-19(21,22)23/h1-5,8-10,29H,6-7H2,(H2,25,26,27,28). The molecule has 0 bridgehead atoms. The fraction of sp³-hybridized carbons (Fsp3) is 0.158. The fourth-order valence-corrected chi connectivity index (χ4v) is 2.94. The summed E-state index contributed by atoms with van der Waals surface area (Å²) in [6, 6.07) is 11.3. The average molecular weight is 534 g/mol. The molecule has 6 nitrogen and oxygen atoms in total. The van der Waals surface area contributed by atoms with Crippen LogP contribution in [0.25, 0.3) is 11.3 Å². The van der Waals surface area contributed by atoms with Gasteiger partial charge in [0.1, 0.15) is 17.4 Å². The number of benzene rings is 2. The second-order valence-corrected chi connectivity index (χ2v) is 7.18. The van der Waals surface area contributed by atoms with E-state index in [-0.39, 0.29) is 36.3 Å². The molecule has 30 heavy (non-hydrogen) atoms. The van der Waals surface area contributed by atoms with Gasteiger partial charge in [-0.05, 0) is 52.9 Å². The van der Waals surface area contributed by atoms with Crippen LogP contribution < -0.4 is 15.4 Å². The molecule has 0 aliphatic rings. The van der Waals surface area contributed by atoms with Crippen molar-refractivity contribution in [1.82, 2.24) is 9.97 Å². The van der Waals surface area contributed by atoms with Crippen LogP contribution in [0.3, 0.4) is 0 Å². The van der Waals surface area contributed by atoms with Crippen molar-refractivity contribution < 1.29 is 27.4 Å². The van der Waals surface area contributed by atoms with Crippen molar-refractivity contribution in [2.75, 3.05) is 23.8 Å². The largest absolute Gasteiger partial charge is 0.573 e. The highest BCUT2D eigenvalue weighted by Crippen LogP contribution is 2.29. The second kappa shape index (κ2) is 9.43. The van der Waals surface area contributed by atoms with Gasteiger partial charge in [-0.1, -0.05) is 12.1 Å². The number of hydrogen-bond donors (Lipinski definition) is 3. The van der Waals surface area contributed by atoms with Crippen LogP contribution in [0.1, 0.15) is 0 Å². The van der Waals surface area contributed by atoms with E-state index in [1.807, 2.05) is 22.6 Å². The topological polar surface area (TPSA) is 79.3 Å². The summed E-state index contributed by atoms with van der Waals surface area (Å²) in [5, 5.41) is 14.6. The molecule has 0 atom stereocenters. The lowest BCUT2D eigenvalue weighted by molar-refractivity contribution is -0.274. The van der Waals surface area contributed by atoms with Crippen LogP contribution in [0.15, 0.2) is 48.5 Å². The zero-order chi connectivity index (χ0) is 21.7. The highest BCUT2D eigenvalue weighted by molar-refractivity contribution is 14.1. The van der Waals surface area contributed by atoms with Crippen LogP contribution in [0.2, 0.25) is 0 Å². The number of aromatic nitrogens is 2. The molecule has 0 unspecified atom stereocenters. The van der Waals surface area contributed by atoms with Crippen molar-refractivity contribution in [2.45, 2.75) is 6.36 Å². The second-order valence-electron chi connectivity index (χ2n) is 5.94. The fourth-order valence-electron chi connectivity index (χ4n) is 2.49. The molecule has 11 heteroatoms. The van der Waals surface area contributed by atoms with Crippen LogP contribution >= 0.6 is 22.6 Å². The van der Waals surface area contributed by atoms with Crippen LogP contribution in [0.4, 0.5) is 35.0 Å². The predicted molar refractivity (Wildman–Crippen MR) is 112 cm³/mol. The zero-order valence-corrected chi connectivity index (χ0v) is 17.3. The molecule has 0 saturated carbocycles. The van der Waals surface area contributed by atoms with E-state index < -0.39 is 17.9 Å². The van der Waals surface area contributed by atoms with Gasteiger partial charge in [0.15, 0.2) is 0 Å². The van der Waals surface area contributed by atoms with Gasteiger partial charge in [0, 0.05) is 21.7 Å². The molecule has 1 heterocycles. The first-order valence-electron chi connectivity index (χ1n) is 8.55. The van der Waals surface area contributed by atoms with Gasteiger partial charge >= 0.3 is 6.36 Å². The van der Waals surface area contributed by atoms with Gasteiger partial charge < -0.3 is 20.5 Å². The summed E-state index contributed by atoms with van der Waals surface area (Å²) < 4.78 is 56.4. The number of alkyl halides is 3. The van der Waals surface area contributed by atoms with Gasteiger partial charge in [-0.2, -0.15) is 4.98 Å².